The number of hydrogen-bond donors (Lipinski definition) is 1. The van der Waals surface area contributed by atoms with Gasteiger partial charge in [-0.3, -0.25) is 0 Å². The SMILES string of the molecule is C/C=C\CC/C=C\CCCO. The number of unbranched alkanes of at least 4 members (excludes halogenated alkanes) is 2. The molecule has 0 unspecified atom stereocenters. The van der Waals surface area contributed by atoms with Crippen LogP contribution in [0.2, 0.25) is 0 Å². The second-order valence-corrected chi connectivity index (χ2v) is 2.48. The molecule has 0 bridgehead atoms. The molecule has 64 valence electrons. The molecule has 0 amide bonds. The van der Waals surface area contributed by atoms with Crippen LogP contribution in [0.5, 0.6) is 0 Å². The van der Waals surface area contributed by atoms with Crippen molar-refractivity contribution >= 4 is 0 Å². The van der Waals surface area contributed by atoms with Crippen molar-refractivity contribution in [2.24, 2.45) is 0 Å². The average molecular weight is 154 g/mol. The third-order valence-corrected chi connectivity index (χ3v) is 1.43. The highest BCUT2D eigenvalue weighted by molar-refractivity contribution is 4.86. The predicted molar refractivity (Wildman–Crippen MR) is 49.5 cm³/mol. The minimum Gasteiger partial charge on any atom is -0.396 e. The summed E-state index contributed by atoms with van der Waals surface area (Å²) < 4.78 is 0. The van der Waals surface area contributed by atoms with E-state index in [2.05, 4.69) is 24.3 Å². The third kappa shape index (κ3) is 9.44. The Labute approximate surface area is 69.4 Å². The van der Waals surface area contributed by atoms with Gasteiger partial charge < -0.3 is 5.11 Å². The maximum absolute atomic E-state index is 8.46. The van der Waals surface area contributed by atoms with Gasteiger partial charge >= 0.3 is 0 Å². The number of hydrogen-bond acceptors (Lipinski definition) is 1. The molecule has 0 aromatic rings. The molecule has 0 radical (unpaired) electrons. The standard InChI is InChI=1S/C10H18O/c1-2-3-4-5-6-7-8-9-10-11/h2-3,6-7,11H,4-5,8-10H2,1H3/b3-2-,7-6-. The van der Waals surface area contributed by atoms with Gasteiger partial charge in [0.15, 0.2) is 0 Å². The van der Waals surface area contributed by atoms with Crippen LogP contribution in [0.15, 0.2) is 24.3 Å². The molecular formula is C10H18O. The fraction of sp³-hybridized carbons (Fsp3) is 0.600. The van der Waals surface area contributed by atoms with Crippen LogP contribution < -0.4 is 0 Å². The van der Waals surface area contributed by atoms with E-state index in [9.17, 15) is 0 Å². The van der Waals surface area contributed by atoms with Crippen LogP contribution in [-0.4, -0.2) is 11.7 Å². The topological polar surface area (TPSA) is 20.2 Å². The first-order valence-corrected chi connectivity index (χ1v) is 4.28. The second kappa shape index (κ2) is 9.44. The molecular weight excluding hydrogens is 136 g/mol. The van der Waals surface area contributed by atoms with Crippen molar-refractivity contribution in [1.29, 1.82) is 0 Å². The van der Waals surface area contributed by atoms with E-state index in [-0.39, 0.29) is 0 Å². The molecule has 0 aromatic heterocycles. The van der Waals surface area contributed by atoms with Gasteiger partial charge in [-0.05, 0) is 32.6 Å². The average Bonchev–Trinajstić information content (AvgIpc) is 2.03. The quantitative estimate of drug-likeness (QED) is 0.460. The Kier molecular flexibility index (Phi) is 8.96. The monoisotopic (exact) mass is 154 g/mol. The lowest BCUT2D eigenvalue weighted by Crippen LogP contribution is -1.78. The molecule has 0 fully saturated rings. The Morgan fingerprint density at radius 2 is 1.64 bits per heavy atom. The van der Waals surface area contributed by atoms with E-state index >= 15 is 0 Å². The Morgan fingerprint density at radius 3 is 2.27 bits per heavy atom. The number of aliphatic hydroxyl groups is 1. The van der Waals surface area contributed by atoms with Crippen LogP contribution in [0.3, 0.4) is 0 Å². The second-order valence-electron chi connectivity index (χ2n) is 2.48. The number of rotatable bonds is 6. The van der Waals surface area contributed by atoms with E-state index in [4.69, 9.17) is 5.11 Å². The molecule has 0 aliphatic rings. The largest absolute Gasteiger partial charge is 0.396 e. The van der Waals surface area contributed by atoms with E-state index in [0.29, 0.717) is 6.61 Å². The predicted octanol–water partition coefficient (Wildman–Crippen LogP) is 2.67. The van der Waals surface area contributed by atoms with Crippen LogP contribution in [0.25, 0.3) is 0 Å². The van der Waals surface area contributed by atoms with Crippen molar-refractivity contribution in [3.63, 3.8) is 0 Å². The molecule has 11 heavy (non-hydrogen) atoms. The van der Waals surface area contributed by atoms with E-state index in [1.165, 1.54) is 0 Å². The zero-order valence-electron chi connectivity index (χ0n) is 7.29. The summed E-state index contributed by atoms with van der Waals surface area (Å²) in [4.78, 5) is 0. The summed E-state index contributed by atoms with van der Waals surface area (Å²) in [5.41, 5.74) is 0. The minimum atomic E-state index is 0.305. The van der Waals surface area contributed by atoms with Gasteiger partial charge in [0.1, 0.15) is 0 Å². The van der Waals surface area contributed by atoms with Crippen LogP contribution in [0, 0.1) is 0 Å². The summed E-state index contributed by atoms with van der Waals surface area (Å²) in [6.07, 6.45) is 12.7. The first kappa shape index (κ1) is 10.4. The molecule has 0 aromatic carbocycles. The Balaban J connectivity index is 3.03. The molecule has 0 rings (SSSR count). The van der Waals surface area contributed by atoms with Gasteiger partial charge in [-0.25, -0.2) is 0 Å². The van der Waals surface area contributed by atoms with Crippen LogP contribution in [0.1, 0.15) is 32.6 Å². The zero-order valence-corrected chi connectivity index (χ0v) is 7.29. The highest BCUT2D eigenvalue weighted by atomic mass is 16.2. The molecule has 1 N–H and O–H groups in total. The summed E-state index contributed by atoms with van der Waals surface area (Å²) in [5.74, 6) is 0. The molecule has 0 heterocycles. The Bertz CT molecular complexity index is 114. The van der Waals surface area contributed by atoms with Gasteiger partial charge in [-0.1, -0.05) is 24.3 Å². The molecule has 1 nitrogen and oxygen atoms in total. The van der Waals surface area contributed by atoms with Crippen molar-refractivity contribution in [1.82, 2.24) is 0 Å². The van der Waals surface area contributed by atoms with Gasteiger partial charge in [0, 0.05) is 6.61 Å². The molecule has 0 atom stereocenters. The maximum Gasteiger partial charge on any atom is 0.0433 e. The lowest BCUT2D eigenvalue weighted by Gasteiger charge is -1.88. The molecule has 0 aliphatic heterocycles. The smallest absolute Gasteiger partial charge is 0.0433 e. The summed E-state index contributed by atoms with van der Waals surface area (Å²) in [7, 11) is 0. The first-order valence-electron chi connectivity index (χ1n) is 4.28. The summed E-state index contributed by atoms with van der Waals surface area (Å²) in [6, 6.07) is 0. The number of aliphatic hydroxyl groups excluding tert-OH is 1. The van der Waals surface area contributed by atoms with Crippen LogP contribution in [0.4, 0.5) is 0 Å². The van der Waals surface area contributed by atoms with Crippen molar-refractivity contribution in [3.8, 4) is 0 Å². The van der Waals surface area contributed by atoms with E-state index in [1.807, 2.05) is 6.92 Å². The molecule has 0 spiro atoms. The highest BCUT2D eigenvalue weighted by Gasteiger charge is 1.78. The highest BCUT2D eigenvalue weighted by Crippen LogP contribution is 1.95. The Morgan fingerprint density at radius 1 is 1.00 bits per heavy atom. The number of allylic oxidation sites excluding steroid dienone is 4. The van der Waals surface area contributed by atoms with E-state index < -0.39 is 0 Å². The van der Waals surface area contributed by atoms with Gasteiger partial charge in [0.25, 0.3) is 0 Å². The minimum absolute atomic E-state index is 0.305. The Hall–Kier alpha value is -0.560. The summed E-state index contributed by atoms with van der Waals surface area (Å²) in [5, 5.41) is 8.46. The maximum atomic E-state index is 8.46. The van der Waals surface area contributed by atoms with Gasteiger partial charge in [0.2, 0.25) is 0 Å². The van der Waals surface area contributed by atoms with Crippen LogP contribution >= 0.6 is 0 Å². The third-order valence-electron chi connectivity index (χ3n) is 1.43. The van der Waals surface area contributed by atoms with Gasteiger partial charge in [-0.15, -0.1) is 0 Å². The lowest BCUT2D eigenvalue weighted by atomic mass is 10.2. The van der Waals surface area contributed by atoms with Crippen molar-refractivity contribution in [3.05, 3.63) is 24.3 Å². The summed E-state index contributed by atoms with van der Waals surface area (Å²) in [6.45, 7) is 2.34. The molecule has 0 saturated carbocycles. The molecule has 1 heteroatoms. The van der Waals surface area contributed by atoms with Crippen molar-refractivity contribution in [2.75, 3.05) is 6.61 Å². The summed E-state index contributed by atoms with van der Waals surface area (Å²) >= 11 is 0. The fourth-order valence-corrected chi connectivity index (χ4v) is 0.804. The lowest BCUT2D eigenvalue weighted by molar-refractivity contribution is 0.289. The normalized spacial score (nSPS) is 11.8. The van der Waals surface area contributed by atoms with Crippen molar-refractivity contribution < 1.29 is 5.11 Å². The van der Waals surface area contributed by atoms with Crippen LogP contribution in [-0.2, 0) is 0 Å². The van der Waals surface area contributed by atoms with Crippen molar-refractivity contribution in [2.45, 2.75) is 32.6 Å². The first-order chi connectivity index (χ1) is 5.41. The zero-order chi connectivity index (χ0) is 8.36. The van der Waals surface area contributed by atoms with E-state index in [0.717, 1.165) is 25.7 Å². The fourth-order valence-electron chi connectivity index (χ4n) is 0.804. The van der Waals surface area contributed by atoms with Gasteiger partial charge in [0.05, 0.1) is 0 Å². The molecule has 0 saturated heterocycles. The molecule has 0 aliphatic carbocycles. The van der Waals surface area contributed by atoms with Gasteiger partial charge in [-0.2, -0.15) is 0 Å². The van der Waals surface area contributed by atoms with E-state index in [1.54, 1.807) is 0 Å².